The Kier molecular flexibility index (Phi) is 5.83. The molecule has 0 spiro atoms. The molecule has 1 N–H and O–H groups in total. The van der Waals surface area contributed by atoms with Gasteiger partial charge in [-0.2, -0.15) is 0 Å². The van der Waals surface area contributed by atoms with Gasteiger partial charge in [0.25, 0.3) is 5.56 Å². The Bertz CT molecular complexity index is 925. The molecule has 1 aliphatic heterocycles. The van der Waals surface area contributed by atoms with Crippen molar-refractivity contribution in [1.82, 2.24) is 19.8 Å². The van der Waals surface area contributed by atoms with E-state index in [9.17, 15) is 9.59 Å². The molecule has 0 saturated carbocycles. The first-order valence-electron chi connectivity index (χ1n) is 10.6. The Morgan fingerprint density at radius 3 is 2.68 bits per heavy atom. The van der Waals surface area contributed by atoms with Crippen LogP contribution < -0.4 is 10.9 Å². The summed E-state index contributed by atoms with van der Waals surface area (Å²) in [6.45, 7) is 7.53. The summed E-state index contributed by atoms with van der Waals surface area (Å²) in [4.78, 5) is 35.4. The molecule has 0 aromatic carbocycles. The first-order valence-corrected chi connectivity index (χ1v) is 11.4. The number of amides is 1. The van der Waals surface area contributed by atoms with Crippen LogP contribution in [0.2, 0.25) is 0 Å². The van der Waals surface area contributed by atoms with Gasteiger partial charge in [0, 0.05) is 11.4 Å². The number of fused-ring (bicyclic) bond motifs is 3. The highest BCUT2D eigenvalue weighted by molar-refractivity contribution is 7.18. The topological polar surface area (TPSA) is 67.2 Å². The average molecular weight is 403 g/mol. The molecule has 1 fully saturated rings. The van der Waals surface area contributed by atoms with Crippen LogP contribution in [0.1, 0.15) is 55.8 Å². The molecule has 2 aromatic rings. The van der Waals surface area contributed by atoms with Crippen molar-refractivity contribution in [3.63, 3.8) is 0 Å². The Morgan fingerprint density at radius 1 is 1.18 bits per heavy atom. The maximum Gasteiger partial charge on any atom is 0.263 e. The van der Waals surface area contributed by atoms with Crippen LogP contribution in [0.3, 0.4) is 0 Å². The van der Waals surface area contributed by atoms with E-state index in [0.717, 1.165) is 48.4 Å². The maximum absolute atomic E-state index is 13.5. The van der Waals surface area contributed by atoms with Gasteiger partial charge in [-0.3, -0.25) is 19.1 Å². The highest BCUT2D eigenvalue weighted by Gasteiger charge is 2.24. The molecule has 28 heavy (non-hydrogen) atoms. The first-order chi connectivity index (χ1) is 13.5. The second-order valence-corrected chi connectivity index (χ2v) is 9.58. The number of rotatable bonds is 6. The maximum atomic E-state index is 13.5. The molecule has 1 amide bonds. The molecule has 6 nitrogen and oxygen atoms in total. The minimum atomic E-state index is -0.108. The second kappa shape index (κ2) is 8.33. The molecule has 2 aliphatic rings. The van der Waals surface area contributed by atoms with E-state index in [-0.39, 0.29) is 18.0 Å². The van der Waals surface area contributed by atoms with E-state index < -0.39 is 0 Å². The molecule has 0 bridgehead atoms. The molecule has 4 rings (SSSR count). The van der Waals surface area contributed by atoms with Crippen molar-refractivity contribution in [3.05, 3.63) is 26.6 Å². The van der Waals surface area contributed by atoms with Crippen molar-refractivity contribution in [3.8, 4) is 0 Å². The first kappa shape index (κ1) is 19.6. The quantitative estimate of drug-likeness (QED) is 0.807. The normalized spacial score (nSPS) is 17.4. The van der Waals surface area contributed by atoms with Crippen molar-refractivity contribution in [2.45, 2.75) is 65.5 Å². The smallest absolute Gasteiger partial charge is 0.263 e. The Labute approximate surface area is 169 Å². The fourth-order valence-electron chi connectivity index (χ4n) is 4.22. The van der Waals surface area contributed by atoms with Crippen LogP contribution in [0.15, 0.2) is 4.79 Å². The van der Waals surface area contributed by atoms with Gasteiger partial charge in [-0.1, -0.05) is 13.8 Å². The number of hydrogen-bond acceptors (Lipinski definition) is 5. The molecule has 1 aliphatic carbocycles. The number of nitrogens with zero attached hydrogens (tertiary/aromatic N) is 3. The van der Waals surface area contributed by atoms with Crippen LogP contribution in [0.5, 0.6) is 0 Å². The van der Waals surface area contributed by atoms with E-state index >= 15 is 0 Å². The van der Waals surface area contributed by atoms with E-state index in [1.165, 1.54) is 29.7 Å². The van der Waals surface area contributed by atoms with Gasteiger partial charge in [0.1, 0.15) is 17.2 Å². The Balaban J connectivity index is 1.73. The summed E-state index contributed by atoms with van der Waals surface area (Å²) in [5, 5.41) is 3.71. The molecular formula is C21H30N4O2S. The molecule has 7 heteroatoms. The van der Waals surface area contributed by atoms with E-state index in [4.69, 9.17) is 4.98 Å². The molecule has 1 saturated heterocycles. The van der Waals surface area contributed by atoms with Gasteiger partial charge < -0.3 is 5.32 Å². The second-order valence-electron chi connectivity index (χ2n) is 8.49. The molecule has 0 radical (unpaired) electrons. The van der Waals surface area contributed by atoms with Gasteiger partial charge in [0.15, 0.2) is 0 Å². The average Bonchev–Trinajstić information content (AvgIpc) is 3.30. The largest absolute Gasteiger partial charge is 0.354 e. The third kappa shape index (κ3) is 4.01. The van der Waals surface area contributed by atoms with Gasteiger partial charge in [0.05, 0.1) is 11.9 Å². The lowest BCUT2D eigenvalue weighted by Crippen LogP contribution is -2.37. The molecule has 2 aromatic heterocycles. The monoisotopic (exact) mass is 402 g/mol. The van der Waals surface area contributed by atoms with Gasteiger partial charge in [0.2, 0.25) is 5.91 Å². The summed E-state index contributed by atoms with van der Waals surface area (Å²) >= 11 is 1.68. The van der Waals surface area contributed by atoms with Crippen LogP contribution >= 0.6 is 11.3 Å². The third-order valence-corrected chi connectivity index (χ3v) is 6.91. The summed E-state index contributed by atoms with van der Waals surface area (Å²) in [6.07, 6.45) is 6.70. The minimum absolute atomic E-state index is 0.0294. The standard InChI is InChI=1S/C21H30N4O2S/c1-14(2)11-22-18(26)13-25-17(12-24-9-5-6-10-24)23-20-19(21(25)27)15-7-3-4-8-16(15)28-20/h14H,3-13H2,1-2H3,(H,22,26). The fourth-order valence-corrected chi connectivity index (χ4v) is 5.49. The Morgan fingerprint density at radius 2 is 1.93 bits per heavy atom. The number of carbonyl (C=O) groups is 1. The summed E-state index contributed by atoms with van der Waals surface area (Å²) in [5.41, 5.74) is 1.16. The van der Waals surface area contributed by atoms with Gasteiger partial charge in [-0.25, -0.2) is 4.98 Å². The molecule has 0 atom stereocenters. The van der Waals surface area contributed by atoms with Crippen molar-refractivity contribution in [2.24, 2.45) is 5.92 Å². The van der Waals surface area contributed by atoms with Crippen LogP contribution in [-0.4, -0.2) is 40.0 Å². The lowest BCUT2D eigenvalue weighted by atomic mass is 9.97. The third-order valence-electron chi connectivity index (χ3n) is 5.73. The number of likely N-dealkylation sites (tertiary alicyclic amines) is 1. The zero-order chi connectivity index (χ0) is 19.7. The summed E-state index contributed by atoms with van der Waals surface area (Å²) in [6, 6.07) is 0. The molecule has 3 heterocycles. The lowest BCUT2D eigenvalue weighted by Gasteiger charge is -2.18. The van der Waals surface area contributed by atoms with E-state index in [1.54, 1.807) is 15.9 Å². The molecule has 0 unspecified atom stereocenters. The number of hydrogen-bond donors (Lipinski definition) is 1. The van der Waals surface area contributed by atoms with E-state index in [2.05, 4.69) is 24.1 Å². The summed E-state index contributed by atoms with van der Waals surface area (Å²) in [5.74, 6) is 1.01. The SMILES string of the molecule is CC(C)CNC(=O)Cn1c(CN2CCCC2)nc2sc3c(c2c1=O)CCCC3. The minimum Gasteiger partial charge on any atom is -0.354 e. The van der Waals surface area contributed by atoms with Gasteiger partial charge in [-0.15, -0.1) is 11.3 Å². The number of nitrogens with one attached hydrogen (secondary N) is 1. The fraction of sp³-hybridized carbons (Fsp3) is 0.667. The molecule has 152 valence electrons. The number of thiophene rings is 1. The predicted molar refractivity (Wildman–Crippen MR) is 113 cm³/mol. The van der Waals surface area contributed by atoms with Gasteiger partial charge >= 0.3 is 0 Å². The summed E-state index contributed by atoms with van der Waals surface area (Å²) < 4.78 is 1.64. The van der Waals surface area contributed by atoms with Crippen molar-refractivity contribution >= 4 is 27.5 Å². The van der Waals surface area contributed by atoms with Crippen LogP contribution in [0.25, 0.3) is 10.2 Å². The predicted octanol–water partition coefficient (Wildman–Crippen LogP) is 2.70. The number of carbonyl (C=O) groups excluding carboxylic acids is 1. The van der Waals surface area contributed by atoms with Crippen molar-refractivity contribution in [2.75, 3.05) is 19.6 Å². The van der Waals surface area contributed by atoms with Crippen molar-refractivity contribution in [1.29, 1.82) is 0 Å². The number of aromatic nitrogens is 2. The molecular weight excluding hydrogens is 372 g/mol. The number of aryl methyl sites for hydroxylation is 2. The van der Waals surface area contributed by atoms with Crippen LogP contribution in [0.4, 0.5) is 0 Å². The van der Waals surface area contributed by atoms with Crippen LogP contribution in [-0.2, 0) is 30.7 Å². The summed E-state index contributed by atoms with van der Waals surface area (Å²) in [7, 11) is 0. The van der Waals surface area contributed by atoms with E-state index in [0.29, 0.717) is 19.0 Å². The zero-order valence-corrected chi connectivity index (χ0v) is 17.7. The van der Waals surface area contributed by atoms with Crippen molar-refractivity contribution < 1.29 is 4.79 Å². The Hall–Kier alpha value is -1.73. The van der Waals surface area contributed by atoms with E-state index in [1.807, 2.05) is 0 Å². The van der Waals surface area contributed by atoms with Gasteiger partial charge in [-0.05, 0) is 63.1 Å². The highest BCUT2D eigenvalue weighted by Crippen LogP contribution is 2.34. The lowest BCUT2D eigenvalue weighted by molar-refractivity contribution is -0.121. The van der Waals surface area contributed by atoms with Crippen LogP contribution in [0, 0.1) is 5.92 Å². The highest BCUT2D eigenvalue weighted by atomic mass is 32.1. The zero-order valence-electron chi connectivity index (χ0n) is 16.9.